The van der Waals surface area contributed by atoms with Crippen molar-refractivity contribution in [1.82, 2.24) is 20.1 Å². The van der Waals surface area contributed by atoms with Crippen molar-refractivity contribution in [3.05, 3.63) is 30.6 Å². The maximum Gasteiger partial charge on any atom is 0.319 e. The summed E-state index contributed by atoms with van der Waals surface area (Å²) in [6, 6.07) is 7.13. The lowest BCUT2D eigenvalue weighted by molar-refractivity contribution is -0.0287. The number of aryl methyl sites for hydroxylation is 1. The number of hydrogen-bond donors (Lipinski definition) is 3. The Morgan fingerprint density at radius 3 is 2.87 bits per heavy atom. The number of urea groups is 1. The Morgan fingerprint density at radius 1 is 1.39 bits per heavy atom. The van der Waals surface area contributed by atoms with Crippen LogP contribution in [0.2, 0.25) is 0 Å². The van der Waals surface area contributed by atoms with Crippen LogP contribution in [0.15, 0.2) is 30.6 Å². The van der Waals surface area contributed by atoms with Crippen LogP contribution in [-0.2, 0) is 6.54 Å². The largest absolute Gasteiger partial charge is 0.388 e. The van der Waals surface area contributed by atoms with E-state index in [0.717, 1.165) is 31.4 Å². The zero-order valence-electron chi connectivity index (χ0n) is 13.1. The minimum atomic E-state index is -0.737. The number of benzene rings is 1. The Hall–Kier alpha value is -2.41. The van der Waals surface area contributed by atoms with Crippen molar-refractivity contribution in [1.29, 1.82) is 0 Å². The van der Waals surface area contributed by atoms with Crippen molar-refractivity contribution in [3.8, 4) is 11.4 Å². The number of carbonyl (C=O) groups is 1. The predicted molar refractivity (Wildman–Crippen MR) is 87.0 cm³/mol. The molecule has 0 radical (unpaired) electrons. The molecule has 0 aliphatic heterocycles. The van der Waals surface area contributed by atoms with Crippen LogP contribution in [0.1, 0.15) is 26.2 Å². The zero-order chi connectivity index (χ0) is 16.3. The molecule has 1 aliphatic rings. The SMILES string of the molecule is CCn1cnnc1-c1ccccc1NC(=O)NCC1(O)CCC1. The molecule has 7 nitrogen and oxygen atoms in total. The second kappa shape index (κ2) is 6.37. The molecule has 122 valence electrons. The molecule has 1 aromatic heterocycles. The van der Waals surface area contributed by atoms with Crippen LogP contribution >= 0.6 is 0 Å². The monoisotopic (exact) mass is 315 g/mol. The molecule has 3 N–H and O–H groups in total. The molecule has 3 rings (SSSR count). The lowest BCUT2D eigenvalue weighted by Gasteiger charge is -2.36. The number of amides is 2. The molecule has 0 spiro atoms. The van der Waals surface area contributed by atoms with E-state index < -0.39 is 5.60 Å². The average Bonchev–Trinajstić information content (AvgIpc) is 3.00. The average molecular weight is 315 g/mol. The van der Waals surface area contributed by atoms with Gasteiger partial charge in [0.1, 0.15) is 6.33 Å². The molecular weight excluding hydrogens is 294 g/mol. The number of carbonyl (C=O) groups excluding carboxylic acids is 1. The summed E-state index contributed by atoms with van der Waals surface area (Å²) in [5, 5.41) is 23.7. The van der Waals surface area contributed by atoms with Crippen LogP contribution in [-0.4, -0.2) is 38.0 Å². The van der Waals surface area contributed by atoms with Gasteiger partial charge in [0, 0.05) is 18.7 Å². The van der Waals surface area contributed by atoms with Crippen molar-refractivity contribution < 1.29 is 9.90 Å². The van der Waals surface area contributed by atoms with E-state index in [1.54, 1.807) is 6.33 Å². The summed E-state index contributed by atoms with van der Waals surface area (Å²) in [6.07, 6.45) is 4.15. The number of nitrogens with one attached hydrogen (secondary N) is 2. The fraction of sp³-hybridized carbons (Fsp3) is 0.438. The lowest BCUT2D eigenvalue weighted by Crippen LogP contribution is -2.48. The van der Waals surface area contributed by atoms with E-state index >= 15 is 0 Å². The topological polar surface area (TPSA) is 92.1 Å². The molecule has 2 amide bonds. The number of nitrogens with zero attached hydrogens (tertiary/aromatic N) is 3. The van der Waals surface area contributed by atoms with Crippen molar-refractivity contribution >= 4 is 11.7 Å². The fourth-order valence-electron chi connectivity index (χ4n) is 2.66. The molecule has 0 bridgehead atoms. The van der Waals surface area contributed by atoms with E-state index in [0.29, 0.717) is 11.5 Å². The summed E-state index contributed by atoms with van der Waals surface area (Å²) >= 11 is 0. The van der Waals surface area contributed by atoms with Gasteiger partial charge in [-0.3, -0.25) is 0 Å². The van der Waals surface area contributed by atoms with E-state index in [-0.39, 0.29) is 12.6 Å². The number of aliphatic hydroxyl groups is 1. The third kappa shape index (κ3) is 3.34. The summed E-state index contributed by atoms with van der Waals surface area (Å²) in [4.78, 5) is 12.1. The van der Waals surface area contributed by atoms with Crippen molar-refractivity contribution in [3.63, 3.8) is 0 Å². The first kappa shape index (κ1) is 15.5. The Balaban J connectivity index is 1.72. The Labute approximate surface area is 134 Å². The van der Waals surface area contributed by atoms with Gasteiger partial charge in [-0.05, 0) is 38.3 Å². The lowest BCUT2D eigenvalue weighted by atomic mass is 9.80. The minimum Gasteiger partial charge on any atom is -0.388 e. The molecule has 1 aliphatic carbocycles. The van der Waals surface area contributed by atoms with E-state index in [1.165, 1.54) is 0 Å². The Bertz CT molecular complexity index is 693. The van der Waals surface area contributed by atoms with Gasteiger partial charge in [0.25, 0.3) is 0 Å². The number of para-hydroxylation sites is 1. The van der Waals surface area contributed by atoms with E-state index in [1.807, 2.05) is 35.8 Å². The first-order valence-corrected chi connectivity index (χ1v) is 7.86. The van der Waals surface area contributed by atoms with E-state index in [9.17, 15) is 9.90 Å². The maximum atomic E-state index is 12.1. The summed E-state index contributed by atoms with van der Waals surface area (Å²) in [7, 11) is 0. The van der Waals surface area contributed by atoms with Gasteiger partial charge in [0.05, 0.1) is 11.3 Å². The maximum absolute atomic E-state index is 12.1. The quantitative estimate of drug-likeness (QED) is 0.787. The number of rotatable bonds is 5. The molecule has 7 heteroatoms. The second-order valence-corrected chi connectivity index (χ2v) is 5.87. The highest BCUT2D eigenvalue weighted by Crippen LogP contribution is 2.30. The highest BCUT2D eigenvalue weighted by atomic mass is 16.3. The van der Waals surface area contributed by atoms with Crippen molar-refractivity contribution in [2.24, 2.45) is 0 Å². The first-order chi connectivity index (χ1) is 11.1. The van der Waals surface area contributed by atoms with Crippen molar-refractivity contribution in [2.75, 3.05) is 11.9 Å². The van der Waals surface area contributed by atoms with Gasteiger partial charge in [-0.1, -0.05) is 12.1 Å². The third-order valence-electron chi connectivity index (χ3n) is 4.23. The zero-order valence-corrected chi connectivity index (χ0v) is 13.1. The molecule has 23 heavy (non-hydrogen) atoms. The molecule has 0 atom stereocenters. The molecule has 0 saturated heterocycles. The van der Waals surface area contributed by atoms with Gasteiger partial charge < -0.3 is 20.3 Å². The molecule has 0 unspecified atom stereocenters. The first-order valence-electron chi connectivity index (χ1n) is 7.86. The fourth-order valence-corrected chi connectivity index (χ4v) is 2.66. The summed E-state index contributed by atoms with van der Waals surface area (Å²) in [5.74, 6) is 0.709. The smallest absolute Gasteiger partial charge is 0.319 e. The number of hydrogen-bond acceptors (Lipinski definition) is 4. The van der Waals surface area contributed by atoms with E-state index in [4.69, 9.17) is 0 Å². The standard InChI is InChI=1S/C16H21N5O2/c1-2-21-11-18-20-14(21)12-6-3-4-7-13(12)19-15(22)17-10-16(23)8-5-9-16/h3-4,6-7,11,23H,2,5,8-10H2,1H3,(H2,17,19,22). The van der Waals surface area contributed by atoms with Gasteiger partial charge in [0.15, 0.2) is 5.82 Å². The van der Waals surface area contributed by atoms with Gasteiger partial charge in [0.2, 0.25) is 0 Å². The summed E-state index contributed by atoms with van der Waals surface area (Å²) in [5.41, 5.74) is 0.733. The van der Waals surface area contributed by atoms with Crippen LogP contribution in [0, 0.1) is 0 Å². The summed E-state index contributed by atoms with van der Waals surface area (Å²) in [6.45, 7) is 3.02. The van der Waals surface area contributed by atoms with Crippen LogP contribution in [0.25, 0.3) is 11.4 Å². The highest BCUT2D eigenvalue weighted by molar-refractivity contribution is 5.93. The Morgan fingerprint density at radius 2 is 2.17 bits per heavy atom. The Kier molecular flexibility index (Phi) is 4.29. The number of aromatic nitrogens is 3. The van der Waals surface area contributed by atoms with Gasteiger partial charge in [-0.2, -0.15) is 0 Å². The molecular formula is C16H21N5O2. The normalized spacial score (nSPS) is 15.7. The molecule has 1 aromatic carbocycles. The van der Waals surface area contributed by atoms with Crippen molar-refractivity contribution in [2.45, 2.75) is 38.3 Å². The molecule has 2 aromatic rings. The van der Waals surface area contributed by atoms with Gasteiger partial charge in [-0.25, -0.2) is 4.79 Å². The minimum absolute atomic E-state index is 0.270. The van der Waals surface area contributed by atoms with Crippen LogP contribution < -0.4 is 10.6 Å². The molecule has 1 saturated carbocycles. The highest BCUT2D eigenvalue weighted by Gasteiger charge is 2.34. The van der Waals surface area contributed by atoms with Gasteiger partial charge in [-0.15, -0.1) is 10.2 Å². The van der Waals surface area contributed by atoms with Crippen LogP contribution in [0.4, 0.5) is 10.5 Å². The van der Waals surface area contributed by atoms with E-state index in [2.05, 4.69) is 20.8 Å². The van der Waals surface area contributed by atoms with Crippen LogP contribution in [0.3, 0.4) is 0 Å². The van der Waals surface area contributed by atoms with Crippen LogP contribution in [0.5, 0.6) is 0 Å². The summed E-state index contributed by atoms with van der Waals surface area (Å²) < 4.78 is 1.91. The second-order valence-electron chi connectivity index (χ2n) is 5.87. The van der Waals surface area contributed by atoms with Gasteiger partial charge >= 0.3 is 6.03 Å². The third-order valence-corrected chi connectivity index (χ3v) is 4.23. The molecule has 1 fully saturated rings. The molecule has 1 heterocycles. The predicted octanol–water partition coefficient (Wildman–Crippen LogP) is 2.00. The number of anilines is 1.